The predicted octanol–water partition coefficient (Wildman–Crippen LogP) is 5.14. The molecule has 1 N–H and O–H groups in total. The van der Waals surface area contributed by atoms with E-state index in [1.807, 2.05) is 38.1 Å². The molecule has 1 aliphatic carbocycles. The van der Waals surface area contributed by atoms with Crippen LogP contribution >= 0.6 is 0 Å². The van der Waals surface area contributed by atoms with Crippen molar-refractivity contribution in [3.05, 3.63) is 93.0 Å². The van der Waals surface area contributed by atoms with E-state index in [1.54, 1.807) is 10.6 Å². The van der Waals surface area contributed by atoms with Gasteiger partial charge in [0.25, 0.3) is 5.56 Å². The second-order valence-electron chi connectivity index (χ2n) is 9.20. The fraction of sp³-hybridized carbons (Fsp3) is 0.333. The van der Waals surface area contributed by atoms with Crippen molar-refractivity contribution in [2.45, 2.75) is 57.9 Å². The number of aromatic nitrogens is 4. The Labute approximate surface area is 197 Å². The molecule has 6 nitrogen and oxygen atoms in total. The average molecular weight is 459 g/mol. The highest BCUT2D eigenvalue weighted by Crippen LogP contribution is 2.41. The molecule has 0 saturated heterocycles. The normalized spacial score (nSPS) is 18.3. The first-order chi connectivity index (χ1) is 16.4. The Morgan fingerprint density at radius 2 is 1.76 bits per heavy atom. The number of aryl methyl sites for hydroxylation is 2. The lowest BCUT2D eigenvalue weighted by Gasteiger charge is -2.30. The number of nitrogens with zero attached hydrogens (tertiary/aromatic N) is 4. The van der Waals surface area contributed by atoms with Gasteiger partial charge in [-0.3, -0.25) is 14.3 Å². The van der Waals surface area contributed by atoms with Crippen molar-refractivity contribution in [3.63, 3.8) is 0 Å². The number of benzene rings is 1. The zero-order valence-electron chi connectivity index (χ0n) is 19.3. The molecule has 0 atom stereocenters. The Morgan fingerprint density at radius 3 is 2.50 bits per heavy atom. The Bertz CT molecular complexity index is 1400. The number of pyridine rings is 2. The van der Waals surface area contributed by atoms with Crippen LogP contribution in [0.4, 0.5) is 4.39 Å². The van der Waals surface area contributed by atoms with Gasteiger partial charge < -0.3 is 5.11 Å². The van der Waals surface area contributed by atoms with Crippen molar-refractivity contribution in [1.82, 2.24) is 19.5 Å². The van der Waals surface area contributed by atoms with Gasteiger partial charge >= 0.3 is 0 Å². The number of aromatic hydroxyl groups is 1. The molecule has 7 heteroatoms. The molecule has 1 aromatic carbocycles. The van der Waals surface area contributed by atoms with Gasteiger partial charge in [-0.25, -0.2) is 14.4 Å². The predicted molar refractivity (Wildman–Crippen MR) is 129 cm³/mol. The lowest BCUT2D eigenvalue weighted by molar-refractivity contribution is 0.384. The molecule has 0 unspecified atom stereocenters. The first-order valence-corrected chi connectivity index (χ1v) is 11.7. The van der Waals surface area contributed by atoms with Crippen LogP contribution in [-0.4, -0.2) is 24.6 Å². The molecule has 0 aliphatic heterocycles. The summed E-state index contributed by atoms with van der Waals surface area (Å²) >= 11 is 0. The molecule has 3 heterocycles. The summed E-state index contributed by atoms with van der Waals surface area (Å²) in [5.74, 6) is -0.0765. The SMILES string of the molecule is Cc1ccc2cc([C@H]3CC[C@H](c4c(C)cccc4F)CC3)c(=O)n(Cc3nccnc3O)c2n1. The van der Waals surface area contributed by atoms with Gasteiger partial charge in [0.15, 0.2) is 0 Å². The van der Waals surface area contributed by atoms with Gasteiger partial charge in [0, 0.05) is 29.0 Å². The Kier molecular flexibility index (Phi) is 5.86. The van der Waals surface area contributed by atoms with Crippen LogP contribution in [0.25, 0.3) is 11.0 Å². The molecule has 0 bridgehead atoms. The lowest BCUT2D eigenvalue weighted by atomic mass is 9.75. The number of hydrogen-bond donors (Lipinski definition) is 1. The Balaban J connectivity index is 1.51. The summed E-state index contributed by atoms with van der Waals surface area (Å²) in [6.45, 7) is 3.93. The quantitative estimate of drug-likeness (QED) is 0.458. The Morgan fingerprint density at radius 1 is 1.03 bits per heavy atom. The summed E-state index contributed by atoms with van der Waals surface area (Å²) < 4.78 is 16.1. The molecule has 1 fully saturated rings. The van der Waals surface area contributed by atoms with Crippen LogP contribution in [0.1, 0.15) is 65.6 Å². The van der Waals surface area contributed by atoms with E-state index < -0.39 is 0 Å². The number of hydrogen-bond acceptors (Lipinski definition) is 5. The van der Waals surface area contributed by atoms with E-state index >= 15 is 0 Å². The van der Waals surface area contributed by atoms with Crippen LogP contribution in [0.3, 0.4) is 0 Å². The van der Waals surface area contributed by atoms with Crippen LogP contribution in [0, 0.1) is 19.7 Å². The molecular formula is C27H27FN4O2. The first-order valence-electron chi connectivity index (χ1n) is 11.7. The molecule has 174 valence electrons. The lowest BCUT2D eigenvalue weighted by Crippen LogP contribution is -2.28. The molecule has 0 spiro atoms. The van der Waals surface area contributed by atoms with Crippen LogP contribution in [0.5, 0.6) is 5.88 Å². The van der Waals surface area contributed by atoms with Gasteiger partial charge in [-0.05, 0) is 86.8 Å². The number of fused-ring (bicyclic) bond motifs is 1. The largest absolute Gasteiger partial charge is 0.492 e. The van der Waals surface area contributed by atoms with E-state index in [0.717, 1.165) is 53.5 Å². The van der Waals surface area contributed by atoms with Gasteiger partial charge in [0.2, 0.25) is 5.88 Å². The number of rotatable bonds is 4. The van der Waals surface area contributed by atoms with Crippen molar-refractivity contribution in [2.24, 2.45) is 0 Å². The van der Waals surface area contributed by atoms with Crippen LogP contribution in [0.2, 0.25) is 0 Å². The molecule has 1 saturated carbocycles. The van der Waals surface area contributed by atoms with Crippen LogP contribution < -0.4 is 5.56 Å². The van der Waals surface area contributed by atoms with E-state index in [-0.39, 0.29) is 35.6 Å². The summed E-state index contributed by atoms with van der Waals surface area (Å²) in [6.07, 6.45) is 6.21. The highest BCUT2D eigenvalue weighted by Gasteiger charge is 2.28. The molecule has 3 aromatic heterocycles. The van der Waals surface area contributed by atoms with Gasteiger partial charge in [0.1, 0.15) is 17.2 Å². The van der Waals surface area contributed by atoms with Crippen molar-refractivity contribution in [1.29, 1.82) is 0 Å². The third kappa shape index (κ3) is 4.06. The van der Waals surface area contributed by atoms with Crippen LogP contribution in [0.15, 0.2) is 53.6 Å². The summed E-state index contributed by atoms with van der Waals surface area (Å²) in [5.41, 5.74) is 4.11. The smallest absolute Gasteiger partial charge is 0.256 e. The van der Waals surface area contributed by atoms with E-state index in [9.17, 15) is 14.3 Å². The fourth-order valence-electron chi connectivity index (χ4n) is 5.28. The minimum atomic E-state index is -0.193. The van der Waals surface area contributed by atoms with Crippen molar-refractivity contribution < 1.29 is 9.50 Å². The van der Waals surface area contributed by atoms with E-state index in [1.165, 1.54) is 18.5 Å². The van der Waals surface area contributed by atoms with Crippen LogP contribution in [-0.2, 0) is 6.54 Å². The second-order valence-corrected chi connectivity index (χ2v) is 9.20. The van der Waals surface area contributed by atoms with Gasteiger partial charge in [0.05, 0.1) is 6.54 Å². The maximum atomic E-state index is 14.5. The second kappa shape index (κ2) is 8.97. The summed E-state index contributed by atoms with van der Waals surface area (Å²) in [4.78, 5) is 26.4. The van der Waals surface area contributed by atoms with E-state index in [4.69, 9.17) is 0 Å². The highest BCUT2D eigenvalue weighted by atomic mass is 19.1. The van der Waals surface area contributed by atoms with E-state index in [0.29, 0.717) is 11.3 Å². The minimum absolute atomic E-state index is 0.0863. The molecule has 0 amide bonds. The van der Waals surface area contributed by atoms with Gasteiger partial charge in [-0.15, -0.1) is 0 Å². The fourth-order valence-corrected chi connectivity index (χ4v) is 5.28. The summed E-state index contributed by atoms with van der Waals surface area (Å²) in [5, 5.41) is 11.0. The molecular weight excluding hydrogens is 431 g/mol. The van der Waals surface area contributed by atoms with E-state index in [2.05, 4.69) is 15.0 Å². The topological polar surface area (TPSA) is 80.9 Å². The zero-order chi connectivity index (χ0) is 23.8. The van der Waals surface area contributed by atoms with Gasteiger partial charge in [-0.1, -0.05) is 12.1 Å². The maximum Gasteiger partial charge on any atom is 0.256 e. The first kappa shape index (κ1) is 22.2. The molecule has 0 radical (unpaired) electrons. The summed E-state index contributed by atoms with van der Waals surface area (Å²) in [7, 11) is 0. The summed E-state index contributed by atoms with van der Waals surface area (Å²) in [6, 6.07) is 11.1. The van der Waals surface area contributed by atoms with Gasteiger partial charge in [-0.2, -0.15) is 0 Å². The third-order valence-corrected chi connectivity index (χ3v) is 7.01. The molecule has 4 aromatic rings. The highest BCUT2D eigenvalue weighted by molar-refractivity contribution is 5.76. The number of halogens is 1. The third-order valence-electron chi connectivity index (χ3n) is 7.01. The minimum Gasteiger partial charge on any atom is -0.492 e. The molecule has 5 rings (SSSR count). The zero-order valence-corrected chi connectivity index (χ0v) is 19.3. The monoisotopic (exact) mass is 458 g/mol. The average Bonchev–Trinajstić information content (AvgIpc) is 2.82. The Hall–Kier alpha value is -3.61. The standard InChI is InChI=1S/C27H27FN4O2/c1-16-4-3-5-22(28)24(16)19-10-8-18(9-11-19)21-14-20-7-6-17(2)31-25(20)32(27(21)34)15-23-26(33)30-13-12-29-23/h3-7,12-14,18-19H,8-11,15H2,1-2H3,(H,30,33)/t18-,19-. The molecule has 1 aliphatic rings. The maximum absolute atomic E-state index is 14.5. The van der Waals surface area contributed by atoms with Crippen molar-refractivity contribution >= 4 is 11.0 Å². The van der Waals surface area contributed by atoms with Crippen molar-refractivity contribution in [2.75, 3.05) is 0 Å². The molecule has 34 heavy (non-hydrogen) atoms. The van der Waals surface area contributed by atoms with Crippen molar-refractivity contribution in [3.8, 4) is 5.88 Å².